The third kappa shape index (κ3) is 4.05. The Morgan fingerprint density at radius 3 is 2.48 bits per heavy atom. The van der Waals surface area contributed by atoms with Crippen LogP contribution in [0.15, 0.2) is 47.4 Å². The highest BCUT2D eigenvalue weighted by Gasteiger charge is 2.31. The second kappa shape index (κ2) is 7.19. The Bertz CT molecular complexity index is 854. The predicted molar refractivity (Wildman–Crippen MR) is 91.9 cm³/mol. The summed E-state index contributed by atoms with van der Waals surface area (Å²) in [5, 5.41) is 3.15. The van der Waals surface area contributed by atoms with E-state index in [0.717, 1.165) is 17.7 Å². The molecule has 1 heterocycles. The Hall–Kier alpha value is -1.83. The van der Waals surface area contributed by atoms with E-state index < -0.39 is 27.7 Å². The van der Waals surface area contributed by atoms with Gasteiger partial charge in [-0.05, 0) is 49.7 Å². The molecule has 0 aliphatic carbocycles. The van der Waals surface area contributed by atoms with Crippen molar-refractivity contribution in [3.63, 3.8) is 0 Å². The molecule has 134 valence electrons. The fourth-order valence-corrected chi connectivity index (χ4v) is 4.39. The maximum atomic E-state index is 13.6. The molecule has 1 aliphatic heterocycles. The van der Waals surface area contributed by atoms with E-state index in [9.17, 15) is 17.2 Å². The van der Waals surface area contributed by atoms with Crippen LogP contribution < -0.4 is 10.0 Å². The van der Waals surface area contributed by atoms with Crippen LogP contribution in [0.1, 0.15) is 23.5 Å². The lowest BCUT2D eigenvalue weighted by Crippen LogP contribution is -2.49. The molecule has 0 saturated carbocycles. The minimum atomic E-state index is -3.69. The van der Waals surface area contributed by atoms with Crippen molar-refractivity contribution in [2.45, 2.75) is 30.2 Å². The normalized spacial score (nSPS) is 21.2. The van der Waals surface area contributed by atoms with Crippen molar-refractivity contribution in [3.05, 3.63) is 65.2 Å². The lowest BCUT2D eigenvalue weighted by Gasteiger charge is -2.33. The number of nitrogens with one attached hydrogen (secondary N) is 2. The van der Waals surface area contributed by atoms with Gasteiger partial charge in [-0.1, -0.05) is 23.8 Å². The van der Waals surface area contributed by atoms with Crippen LogP contribution in [-0.2, 0) is 10.0 Å². The van der Waals surface area contributed by atoms with Gasteiger partial charge in [0.15, 0.2) is 11.6 Å². The summed E-state index contributed by atoms with van der Waals surface area (Å²) in [5.41, 5.74) is 1.56. The van der Waals surface area contributed by atoms with Gasteiger partial charge in [-0.3, -0.25) is 0 Å². The number of sulfonamides is 1. The van der Waals surface area contributed by atoms with E-state index in [4.69, 9.17) is 0 Å². The summed E-state index contributed by atoms with van der Waals surface area (Å²) in [6.07, 6.45) is 0.631. The maximum Gasteiger partial charge on any atom is 0.240 e. The number of hydrogen-bond donors (Lipinski definition) is 2. The number of rotatable bonds is 4. The molecule has 1 fully saturated rings. The van der Waals surface area contributed by atoms with Gasteiger partial charge in [0.25, 0.3) is 0 Å². The summed E-state index contributed by atoms with van der Waals surface area (Å²) in [6.45, 7) is 3.00. The molecule has 7 heteroatoms. The fourth-order valence-electron chi connectivity index (χ4n) is 3.11. The van der Waals surface area contributed by atoms with E-state index in [1.807, 2.05) is 6.92 Å². The van der Waals surface area contributed by atoms with Crippen molar-refractivity contribution in [1.29, 1.82) is 0 Å². The SMILES string of the molecule is Cc1ccc(S(=O)(=O)NC2CNCCC2c2ccc(F)c(F)c2)cc1. The zero-order valence-corrected chi connectivity index (χ0v) is 14.6. The lowest BCUT2D eigenvalue weighted by molar-refractivity contribution is 0.376. The molecule has 0 aromatic heterocycles. The predicted octanol–water partition coefficient (Wildman–Crippen LogP) is 2.70. The fraction of sp³-hybridized carbons (Fsp3) is 0.333. The monoisotopic (exact) mass is 366 g/mol. The number of aryl methyl sites for hydroxylation is 1. The number of piperidine rings is 1. The van der Waals surface area contributed by atoms with Crippen molar-refractivity contribution in [1.82, 2.24) is 10.0 Å². The first-order valence-corrected chi connectivity index (χ1v) is 9.60. The highest BCUT2D eigenvalue weighted by Crippen LogP contribution is 2.28. The second-order valence-corrected chi connectivity index (χ2v) is 8.03. The zero-order chi connectivity index (χ0) is 18.0. The number of halogens is 2. The van der Waals surface area contributed by atoms with Crippen LogP contribution in [0.3, 0.4) is 0 Å². The van der Waals surface area contributed by atoms with Gasteiger partial charge in [-0.2, -0.15) is 0 Å². The highest BCUT2D eigenvalue weighted by molar-refractivity contribution is 7.89. The Balaban J connectivity index is 1.85. The van der Waals surface area contributed by atoms with Gasteiger partial charge in [-0.15, -0.1) is 0 Å². The summed E-state index contributed by atoms with van der Waals surface area (Å²) in [4.78, 5) is 0.188. The smallest absolute Gasteiger partial charge is 0.240 e. The van der Waals surface area contributed by atoms with Gasteiger partial charge in [0.1, 0.15) is 0 Å². The second-order valence-electron chi connectivity index (χ2n) is 6.31. The van der Waals surface area contributed by atoms with Crippen molar-refractivity contribution < 1.29 is 17.2 Å². The van der Waals surface area contributed by atoms with Crippen LogP contribution in [0.4, 0.5) is 8.78 Å². The minimum Gasteiger partial charge on any atom is -0.315 e. The van der Waals surface area contributed by atoms with E-state index in [1.165, 1.54) is 6.07 Å². The molecule has 0 bridgehead atoms. The summed E-state index contributed by atoms with van der Waals surface area (Å²) in [5.74, 6) is -2.05. The molecule has 3 rings (SSSR count). The molecule has 4 nitrogen and oxygen atoms in total. The standard InChI is InChI=1S/C18H20F2N2O2S/c1-12-2-5-14(6-3-12)25(23,24)22-18-11-21-9-8-15(18)13-4-7-16(19)17(20)10-13/h2-7,10,15,18,21-22H,8-9,11H2,1H3. The summed E-state index contributed by atoms with van der Waals surface area (Å²) in [7, 11) is -3.69. The van der Waals surface area contributed by atoms with Gasteiger partial charge in [-0.25, -0.2) is 21.9 Å². The van der Waals surface area contributed by atoms with E-state index in [2.05, 4.69) is 10.0 Å². The van der Waals surface area contributed by atoms with Crippen molar-refractivity contribution in [3.8, 4) is 0 Å². The van der Waals surface area contributed by atoms with Gasteiger partial charge in [0, 0.05) is 18.5 Å². The van der Waals surface area contributed by atoms with Gasteiger partial charge < -0.3 is 5.32 Å². The number of hydrogen-bond acceptors (Lipinski definition) is 3. The third-order valence-electron chi connectivity index (χ3n) is 4.49. The third-order valence-corrected chi connectivity index (χ3v) is 6.00. The van der Waals surface area contributed by atoms with Gasteiger partial charge in [0.05, 0.1) is 4.90 Å². The van der Waals surface area contributed by atoms with Crippen molar-refractivity contribution in [2.75, 3.05) is 13.1 Å². The van der Waals surface area contributed by atoms with Gasteiger partial charge >= 0.3 is 0 Å². The molecule has 2 N–H and O–H groups in total. The Kier molecular flexibility index (Phi) is 5.17. The molecule has 0 spiro atoms. The van der Waals surface area contributed by atoms with Crippen LogP contribution >= 0.6 is 0 Å². The van der Waals surface area contributed by atoms with Crippen molar-refractivity contribution >= 4 is 10.0 Å². The molecule has 2 aromatic rings. The Labute approximate surface area is 146 Å². The van der Waals surface area contributed by atoms with Crippen LogP contribution in [0.2, 0.25) is 0 Å². The Morgan fingerprint density at radius 2 is 1.80 bits per heavy atom. The molecule has 2 atom stereocenters. The molecule has 1 saturated heterocycles. The first-order valence-electron chi connectivity index (χ1n) is 8.11. The Morgan fingerprint density at radius 1 is 1.08 bits per heavy atom. The number of benzene rings is 2. The van der Waals surface area contributed by atoms with E-state index >= 15 is 0 Å². The van der Waals surface area contributed by atoms with E-state index in [1.54, 1.807) is 24.3 Å². The van der Waals surface area contributed by atoms with Crippen molar-refractivity contribution in [2.24, 2.45) is 0 Å². The molecule has 25 heavy (non-hydrogen) atoms. The van der Waals surface area contributed by atoms with E-state index in [-0.39, 0.29) is 10.8 Å². The molecule has 2 unspecified atom stereocenters. The summed E-state index contributed by atoms with van der Waals surface area (Å²) in [6, 6.07) is 9.89. The zero-order valence-electron chi connectivity index (χ0n) is 13.8. The summed E-state index contributed by atoms with van der Waals surface area (Å²) >= 11 is 0. The van der Waals surface area contributed by atoms with Crippen LogP contribution in [0.5, 0.6) is 0 Å². The highest BCUT2D eigenvalue weighted by atomic mass is 32.2. The minimum absolute atomic E-state index is 0.188. The molecule has 2 aromatic carbocycles. The molecule has 0 radical (unpaired) electrons. The average molecular weight is 366 g/mol. The maximum absolute atomic E-state index is 13.6. The van der Waals surface area contributed by atoms with Crippen LogP contribution in [-0.4, -0.2) is 27.5 Å². The van der Waals surface area contributed by atoms with Crippen LogP contribution in [0.25, 0.3) is 0 Å². The molecule has 0 amide bonds. The molecule has 1 aliphatic rings. The summed E-state index contributed by atoms with van der Waals surface area (Å²) < 4.78 is 54.7. The largest absolute Gasteiger partial charge is 0.315 e. The molecular weight excluding hydrogens is 346 g/mol. The lowest BCUT2D eigenvalue weighted by atomic mass is 9.86. The average Bonchev–Trinajstić information content (AvgIpc) is 2.58. The topological polar surface area (TPSA) is 58.2 Å². The quantitative estimate of drug-likeness (QED) is 0.875. The van der Waals surface area contributed by atoms with Crippen LogP contribution in [0, 0.1) is 18.6 Å². The first kappa shape index (κ1) is 18.0. The first-order chi connectivity index (χ1) is 11.9. The van der Waals surface area contributed by atoms with Gasteiger partial charge in [0.2, 0.25) is 10.0 Å². The van der Waals surface area contributed by atoms with E-state index in [0.29, 0.717) is 25.1 Å². The molecular formula is C18H20F2N2O2S.